The maximum absolute atomic E-state index is 12.9. The zero-order valence-electron chi connectivity index (χ0n) is 16.8. The molecule has 6 nitrogen and oxygen atoms in total. The molecule has 2 N–H and O–H groups in total. The number of amides is 2. The summed E-state index contributed by atoms with van der Waals surface area (Å²) in [5.41, 5.74) is 2.26. The molecule has 0 aliphatic carbocycles. The van der Waals surface area contributed by atoms with Gasteiger partial charge >= 0.3 is 0 Å². The minimum absolute atomic E-state index is 0.121. The van der Waals surface area contributed by atoms with E-state index in [2.05, 4.69) is 15.6 Å². The summed E-state index contributed by atoms with van der Waals surface area (Å²) in [6, 6.07) is 11.3. The third kappa shape index (κ3) is 4.77. The van der Waals surface area contributed by atoms with Gasteiger partial charge in [0.15, 0.2) is 11.5 Å². The third-order valence-electron chi connectivity index (χ3n) is 4.52. The van der Waals surface area contributed by atoms with E-state index in [1.807, 2.05) is 27.7 Å². The first-order valence-electron chi connectivity index (χ1n) is 9.53. The van der Waals surface area contributed by atoms with Gasteiger partial charge in [-0.3, -0.25) is 9.59 Å². The molecule has 0 aliphatic heterocycles. The summed E-state index contributed by atoms with van der Waals surface area (Å²) in [5, 5.41) is 5.98. The molecule has 1 unspecified atom stereocenters. The second kappa shape index (κ2) is 8.66. The van der Waals surface area contributed by atoms with E-state index in [9.17, 15) is 9.59 Å². The van der Waals surface area contributed by atoms with Crippen LogP contribution in [0, 0.1) is 5.92 Å². The van der Waals surface area contributed by atoms with Gasteiger partial charge in [0, 0.05) is 11.6 Å². The highest BCUT2D eigenvalue weighted by atomic mass is 35.5. The van der Waals surface area contributed by atoms with E-state index in [0.717, 1.165) is 0 Å². The van der Waals surface area contributed by atoms with Gasteiger partial charge in [-0.2, -0.15) is 0 Å². The standard InChI is InChI=1S/C22H24ClN3O3/c1-12(2)19(26-20(27)15-7-5-6-8-16(15)23)21(28)24-14-9-10-18-17(11-14)25-22(29-18)13(3)4/h5-13,19H,1-4H3,(H,24,28)(H,26,27). The minimum Gasteiger partial charge on any atom is -0.440 e. The number of oxazole rings is 1. The molecular formula is C22H24ClN3O3. The zero-order chi connectivity index (χ0) is 21.1. The van der Waals surface area contributed by atoms with Crippen LogP contribution < -0.4 is 10.6 Å². The van der Waals surface area contributed by atoms with Crippen LogP contribution in [0.2, 0.25) is 5.02 Å². The molecule has 1 atom stereocenters. The van der Waals surface area contributed by atoms with E-state index in [4.69, 9.17) is 16.0 Å². The highest BCUT2D eigenvalue weighted by Crippen LogP contribution is 2.24. The van der Waals surface area contributed by atoms with Crippen molar-refractivity contribution in [2.24, 2.45) is 5.92 Å². The van der Waals surface area contributed by atoms with E-state index >= 15 is 0 Å². The normalized spacial score (nSPS) is 12.4. The van der Waals surface area contributed by atoms with Crippen LogP contribution in [0.15, 0.2) is 46.9 Å². The number of anilines is 1. The quantitative estimate of drug-likeness (QED) is 0.595. The lowest BCUT2D eigenvalue weighted by Gasteiger charge is -2.22. The largest absolute Gasteiger partial charge is 0.440 e. The number of hydrogen-bond acceptors (Lipinski definition) is 4. The zero-order valence-corrected chi connectivity index (χ0v) is 17.6. The van der Waals surface area contributed by atoms with E-state index < -0.39 is 11.9 Å². The smallest absolute Gasteiger partial charge is 0.253 e. The fourth-order valence-electron chi connectivity index (χ4n) is 2.89. The molecule has 0 aliphatic rings. The molecule has 29 heavy (non-hydrogen) atoms. The number of benzene rings is 2. The van der Waals surface area contributed by atoms with E-state index in [1.54, 1.807) is 42.5 Å². The molecule has 1 heterocycles. The lowest BCUT2D eigenvalue weighted by molar-refractivity contribution is -0.118. The number of hydrogen-bond donors (Lipinski definition) is 2. The monoisotopic (exact) mass is 413 g/mol. The molecule has 0 radical (unpaired) electrons. The van der Waals surface area contributed by atoms with E-state index in [1.165, 1.54) is 0 Å². The maximum atomic E-state index is 12.9. The molecule has 7 heteroatoms. The molecule has 0 saturated heterocycles. The first-order chi connectivity index (χ1) is 13.8. The van der Waals surface area contributed by atoms with Crippen molar-refractivity contribution in [3.63, 3.8) is 0 Å². The first-order valence-corrected chi connectivity index (χ1v) is 9.90. The number of aromatic nitrogens is 1. The lowest BCUT2D eigenvalue weighted by atomic mass is 10.0. The molecule has 0 saturated carbocycles. The number of rotatable bonds is 6. The molecule has 0 fully saturated rings. The van der Waals surface area contributed by atoms with Crippen molar-refractivity contribution in [2.45, 2.75) is 39.7 Å². The van der Waals surface area contributed by atoms with Crippen LogP contribution in [0.5, 0.6) is 0 Å². The Morgan fingerprint density at radius 1 is 1.07 bits per heavy atom. The molecule has 152 valence electrons. The predicted molar refractivity (Wildman–Crippen MR) is 114 cm³/mol. The van der Waals surface area contributed by atoms with Crippen molar-refractivity contribution in [3.05, 3.63) is 58.9 Å². The summed E-state index contributed by atoms with van der Waals surface area (Å²) in [4.78, 5) is 29.9. The molecule has 1 aromatic heterocycles. The molecule has 3 rings (SSSR count). The topological polar surface area (TPSA) is 84.2 Å². The van der Waals surface area contributed by atoms with Crippen molar-refractivity contribution in [2.75, 3.05) is 5.32 Å². The van der Waals surface area contributed by atoms with Crippen LogP contribution in [0.4, 0.5) is 5.69 Å². The van der Waals surface area contributed by atoms with Gasteiger partial charge in [-0.05, 0) is 36.2 Å². The second-order valence-electron chi connectivity index (χ2n) is 7.55. The number of halogens is 1. The number of carbonyl (C=O) groups excluding carboxylic acids is 2. The van der Waals surface area contributed by atoms with Crippen LogP contribution >= 0.6 is 11.6 Å². The Kier molecular flexibility index (Phi) is 6.23. The Hall–Kier alpha value is -2.86. The maximum Gasteiger partial charge on any atom is 0.253 e. The van der Waals surface area contributed by atoms with Crippen molar-refractivity contribution in [3.8, 4) is 0 Å². The number of nitrogens with one attached hydrogen (secondary N) is 2. The molecule has 3 aromatic rings. The van der Waals surface area contributed by atoms with Gasteiger partial charge in [0.1, 0.15) is 11.6 Å². The Morgan fingerprint density at radius 3 is 2.45 bits per heavy atom. The van der Waals surface area contributed by atoms with Crippen LogP contribution in [0.1, 0.15) is 49.9 Å². The van der Waals surface area contributed by atoms with Crippen LogP contribution in [-0.4, -0.2) is 22.8 Å². The molecule has 2 aromatic carbocycles. The molecule has 2 amide bonds. The van der Waals surface area contributed by atoms with Crippen molar-refractivity contribution in [1.29, 1.82) is 0 Å². The SMILES string of the molecule is CC(C)c1nc2cc(NC(=O)C(NC(=O)c3ccccc3Cl)C(C)C)ccc2o1. The summed E-state index contributed by atoms with van der Waals surface area (Å²) in [5.74, 6) is -0.00334. The summed E-state index contributed by atoms with van der Waals surface area (Å²) in [6.45, 7) is 7.74. The van der Waals surface area contributed by atoms with Gasteiger partial charge in [0.25, 0.3) is 5.91 Å². The fourth-order valence-corrected chi connectivity index (χ4v) is 3.11. The number of fused-ring (bicyclic) bond motifs is 1. The lowest BCUT2D eigenvalue weighted by Crippen LogP contribution is -2.47. The van der Waals surface area contributed by atoms with Crippen molar-refractivity contribution in [1.82, 2.24) is 10.3 Å². The van der Waals surface area contributed by atoms with Crippen molar-refractivity contribution >= 4 is 40.2 Å². The fraction of sp³-hybridized carbons (Fsp3) is 0.318. The summed E-state index contributed by atoms with van der Waals surface area (Å²) in [7, 11) is 0. The Labute approximate surface area is 174 Å². The van der Waals surface area contributed by atoms with Gasteiger partial charge in [-0.1, -0.05) is 51.4 Å². The first kappa shape index (κ1) is 20.9. The molecule has 0 bridgehead atoms. The highest BCUT2D eigenvalue weighted by molar-refractivity contribution is 6.33. The second-order valence-corrected chi connectivity index (χ2v) is 7.96. The highest BCUT2D eigenvalue weighted by Gasteiger charge is 2.25. The molecular weight excluding hydrogens is 390 g/mol. The predicted octanol–water partition coefficient (Wildman–Crippen LogP) is 5.00. The Balaban J connectivity index is 1.76. The summed E-state index contributed by atoms with van der Waals surface area (Å²) < 4.78 is 5.69. The summed E-state index contributed by atoms with van der Waals surface area (Å²) >= 11 is 6.09. The van der Waals surface area contributed by atoms with Gasteiger partial charge in [-0.25, -0.2) is 4.98 Å². The van der Waals surface area contributed by atoms with E-state index in [0.29, 0.717) is 33.3 Å². The average Bonchev–Trinajstić information content (AvgIpc) is 3.09. The average molecular weight is 414 g/mol. The Morgan fingerprint density at radius 2 is 1.79 bits per heavy atom. The van der Waals surface area contributed by atoms with Gasteiger partial charge in [0.2, 0.25) is 5.91 Å². The minimum atomic E-state index is -0.724. The Bertz CT molecular complexity index is 1040. The van der Waals surface area contributed by atoms with Crippen LogP contribution in [-0.2, 0) is 4.79 Å². The van der Waals surface area contributed by atoms with Crippen LogP contribution in [0.25, 0.3) is 11.1 Å². The number of carbonyl (C=O) groups is 2. The number of nitrogens with zero attached hydrogens (tertiary/aromatic N) is 1. The van der Waals surface area contributed by atoms with Gasteiger partial charge < -0.3 is 15.1 Å². The van der Waals surface area contributed by atoms with Crippen LogP contribution in [0.3, 0.4) is 0 Å². The summed E-state index contributed by atoms with van der Waals surface area (Å²) in [6.07, 6.45) is 0. The van der Waals surface area contributed by atoms with Crippen molar-refractivity contribution < 1.29 is 14.0 Å². The third-order valence-corrected chi connectivity index (χ3v) is 4.85. The van der Waals surface area contributed by atoms with Gasteiger partial charge in [-0.15, -0.1) is 0 Å². The van der Waals surface area contributed by atoms with Gasteiger partial charge in [0.05, 0.1) is 10.6 Å². The molecule has 0 spiro atoms. The van der Waals surface area contributed by atoms with E-state index in [-0.39, 0.29) is 17.7 Å².